The molecule has 0 radical (unpaired) electrons. The van der Waals surface area contributed by atoms with Crippen LogP contribution in [0.3, 0.4) is 0 Å². The minimum atomic E-state index is 0.474. The van der Waals surface area contributed by atoms with Crippen LogP contribution in [0.1, 0.15) is 31.0 Å². The first kappa shape index (κ1) is 16.3. The number of fused-ring (bicyclic) bond motifs is 1. The van der Waals surface area contributed by atoms with E-state index in [9.17, 15) is 0 Å². The molecule has 0 spiro atoms. The Morgan fingerprint density at radius 2 is 1.88 bits per heavy atom. The average molecular weight is 346 g/mol. The summed E-state index contributed by atoms with van der Waals surface area (Å²) in [4.78, 5) is 9.41. The van der Waals surface area contributed by atoms with Gasteiger partial charge in [0, 0.05) is 25.1 Å². The number of nitrogens with zero attached hydrogens (tertiary/aromatic N) is 5. The lowest BCUT2D eigenvalue weighted by molar-refractivity contribution is 0.798. The largest absolute Gasteiger partial charge is 0.339 e. The Bertz CT molecular complexity index is 1070. The lowest BCUT2D eigenvalue weighted by Gasteiger charge is -2.12. The first-order valence-corrected chi connectivity index (χ1v) is 8.74. The van der Waals surface area contributed by atoms with Gasteiger partial charge in [-0.3, -0.25) is 0 Å². The van der Waals surface area contributed by atoms with Crippen LogP contribution in [0.5, 0.6) is 0 Å². The van der Waals surface area contributed by atoms with Crippen molar-refractivity contribution in [2.24, 2.45) is 7.05 Å². The summed E-state index contributed by atoms with van der Waals surface area (Å²) in [5, 5.41) is 8.89. The van der Waals surface area contributed by atoms with Crippen LogP contribution in [0.4, 0.5) is 11.5 Å². The maximum Gasteiger partial charge on any atom is 0.254 e. The molecule has 4 aromatic rings. The summed E-state index contributed by atoms with van der Waals surface area (Å²) in [5.41, 5.74) is 4.10. The molecule has 3 heterocycles. The highest BCUT2D eigenvalue weighted by molar-refractivity contribution is 5.90. The molecule has 0 atom stereocenters. The summed E-state index contributed by atoms with van der Waals surface area (Å²) in [6.45, 7) is 6.34. The molecule has 0 unspecified atom stereocenters. The first-order chi connectivity index (χ1) is 12.5. The number of rotatable bonds is 4. The van der Waals surface area contributed by atoms with E-state index in [2.05, 4.69) is 53.5 Å². The molecule has 6 nitrogen and oxygen atoms in total. The fourth-order valence-corrected chi connectivity index (χ4v) is 2.96. The maximum atomic E-state index is 4.73. The van der Waals surface area contributed by atoms with Crippen LogP contribution in [0.2, 0.25) is 0 Å². The predicted octanol–water partition coefficient (Wildman–Crippen LogP) is 4.33. The highest BCUT2D eigenvalue weighted by Crippen LogP contribution is 2.27. The van der Waals surface area contributed by atoms with Crippen molar-refractivity contribution in [1.82, 2.24) is 24.3 Å². The quantitative estimate of drug-likeness (QED) is 0.597. The molecule has 132 valence electrons. The van der Waals surface area contributed by atoms with Crippen molar-refractivity contribution < 1.29 is 0 Å². The van der Waals surface area contributed by atoms with Crippen molar-refractivity contribution in [3.8, 4) is 5.95 Å². The average Bonchev–Trinajstić information content (AvgIpc) is 3.22. The van der Waals surface area contributed by atoms with Gasteiger partial charge in [0.2, 0.25) is 0 Å². The number of anilines is 2. The number of hydrogen-bond acceptors (Lipinski definition) is 4. The van der Waals surface area contributed by atoms with Crippen LogP contribution < -0.4 is 5.32 Å². The van der Waals surface area contributed by atoms with E-state index in [0.29, 0.717) is 11.9 Å². The standard InChI is InChI=1S/C20H22N6/c1-13(2)15-6-5-7-16(12-15)21-18-17-9-10-25(4)19(17)23-20(22-18)26-11-8-14(3)24-26/h5-13H,1-4H3,(H,21,22,23). The van der Waals surface area contributed by atoms with Crippen LogP contribution in [0, 0.1) is 6.92 Å². The van der Waals surface area contributed by atoms with Crippen molar-refractivity contribution in [2.75, 3.05) is 5.32 Å². The summed E-state index contributed by atoms with van der Waals surface area (Å²) in [6, 6.07) is 12.4. The highest BCUT2D eigenvalue weighted by atomic mass is 15.4. The normalized spacial score (nSPS) is 11.4. The van der Waals surface area contributed by atoms with Gasteiger partial charge < -0.3 is 9.88 Å². The summed E-state index contributed by atoms with van der Waals surface area (Å²) in [5.74, 6) is 1.80. The van der Waals surface area contributed by atoms with Crippen LogP contribution in [0.25, 0.3) is 17.0 Å². The van der Waals surface area contributed by atoms with E-state index in [1.165, 1.54) is 5.56 Å². The molecule has 1 aromatic carbocycles. The summed E-state index contributed by atoms with van der Waals surface area (Å²) < 4.78 is 3.70. The minimum absolute atomic E-state index is 0.474. The van der Waals surface area contributed by atoms with E-state index in [1.807, 2.05) is 43.1 Å². The van der Waals surface area contributed by atoms with E-state index >= 15 is 0 Å². The van der Waals surface area contributed by atoms with E-state index in [0.717, 1.165) is 28.2 Å². The molecule has 0 amide bonds. The second kappa shape index (κ2) is 6.29. The predicted molar refractivity (Wildman–Crippen MR) is 104 cm³/mol. The van der Waals surface area contributed by atoms with Gasteiger partial charge >= 0.3 is 0 Å². The van der Waals surface area contributed by atoms with E-state index in [-0.39, 0.29) is 0 Å². The van der Waals surface area contributed by atoms with Crippen molar-refractivity contribution >= 4 is 22.5 Å². The third-order valence-corrected chi connectivity index (χ3v) is 4.46. The molecule has 0 bridgehead atoms. The molecule has 6 heteroatoms. The topological polar surface area (TPSA) is 60.6 Å². The van der Waals surface area contributed by atoms with Crippen molar-refractivity contribution in [1.29, 1.82) is 0 Å². The van der Waals surface area contributed by atoms with Crippen LogP contribution in [-0.2, 0) is 7.05 Å². The number of nitrogens with one attached hydrogen (secondary N) is 1. The molecule has 4 rings (SSSR count). The van der Waals surface area contributed by atoms with Gasteiger partial charge in [0.1, 0.15) is 11.5 Å². The van der Waals surface area contributed by atoms with Crippen molar-refractivity contribution in [2.45, 2.75) is 26.7 Å². The van der Waals surface area contributed by atoms with Gasteiger partial charge in [0.15, 0.2) is 0 Å². The van der Waals surface area contributed by atoms with Gasteiger partial charge in [-0.25, -0.2) is 4.68 Å². The van der Waals surface area contributed by atoms with Crippen LogP contribution in [-0.4, -0.2) is 24.3 Å². The second-order valence-corrected chi connectivity index (χ2v) is 6.84. The fraction of sp³-hybridized carbons (Fsp3) is 0.250. The Kier molecular flexibility index (Phi) is 3.95. The van der Waals surface area contributed by atoms with Gasteiger partial charge in [-0.1, -0.05) is 26.0 Å². The Hall–Kier alpha value is -3.15. The Morgan fingerprint density at radius 3 is 2.62 bits per heavy atom. The fourth-order valence-electron chi connectivity index (χ4n) is 2.96. The third-order valence-electron chi connectivity index (χ3n) is 4.46. The molecular weight excluding hydrogens is 324 g/mol. The van der Waals surface area contributed by atoms with Gasteiger partial charge in [-0.2, -0.15) is 15.1 Å². The summed E-state index contributed by atoms with van der Waals surface area (Å²) in [7, 11) is 1.98. The molecular formula is C20H22N6. The van der Waals surface area contributed by atoms with Gasteiger partial charge in [-0.15, -0.1) is 0 Å². The molecule has 0 saturated heterocycles. The van der Waals surface area contributed by atoms with E-state index < -0.39 is 0 Å². The summed E-state index contributed by atoms with van der Waals surface area (Å²) >= 11 is 0. The lowest BCUT2D eigenvalue weighted by atomic mass is 10.0. The molecule has 0 fully saturated rings. The molecule has 26 heavy (non-hydrogen) atoms. The van der Waals surface area contributed by atoms with Crippen molar-refractivity contribution in [3.05, 3.63) is 60.0 Å². The van der Waals surface area contributed by atoms with Crippen molar-refractivity contribution in [3.63, 3.8) is 0 Å². The molecule has 1 N–H and O–H groups in total. The Morgan fingerprint density at radius 1 is 1.04 bits per heavy atom. The zero-order chi connectivity index (χ0) is 18.3. The SMILES string of the molecule is Cc1ccn(-c2nc(Nc3cccc(C(C)C)c3)c3ccn(C)c3n2)n1. The van der Waals surface area contributed by atoms with Gasteiger partial charge in [-0.05, 0) is 42.7 Å². The summed E-state index contributed by atoms with van der Waals surface area (Å²) in [6.07, 6.45) is 3.87. The number of aromatic nitrogens is 5. The highest BCUT2D eigenvalue weighted by Gasteiger charge is 2.13. The van der Waals surface area contributed by atoms with Gasteiger partial charge in [0.05, 0.1) is 11.1 Å². The molecule has 3 aromatic heterocycles. The zero-order valence-electron chi connectivity index (χ0n) is 15.4. The number of benzene rings is 1. The second-order valence-electron chi connectivity index (χ2n) is 6.84. The van der Waals surface area contributed by atoms with Gasteiger partial charge in [0.25, 0.3) is 5.95 Å². The molecule has 0 saturated carbocycles. The number of hydrogen-bond donors (Lipinski definition) is 1. The Balaban J connectivity index is 1.82. The molecule has 0 aliphatic heterocycles. The Labute approximate surface area is 152 Å². The zero-order valence-corrected chi connectivity index (χ0v) is 15.4. The van der Waals surface area contributed by atoms with E-state index in [1.54, 1.807) is 4.68 Å². The van der Waals surface area contributed by atoms with Crippen LogP contribution >= 0.6 is 0 Å². The molecule has 0 aliphatic rings. The lowest BCUT2D eigenvalue weighted by Crippen LogP contribution is -2.06. The molecule has 0 aliphatic carbocycles. The van der Waals surface area contributed by atoms with E-state index in [4.69, 9.17) is 4.98 Å². The maximum absolute atomic E-state index is 4.73. The third kappa shape index (κ3) is 2.94. The first-order valence-electron chi connectivity index (χ1n) is 8.74. The monoisotopic (exact) mass is 346 g/mol. The van der Waals surface area contributed by atoms with Crippen LogP contribution in [0.15, 0.2) is 48.8 Å². The minimum Gasteiger partial charge on any atom is -0.339 e. The smallest absolute Gasteiger partial charge is 0.254 e. The number of aryl methyl sites for hydroxylation is 2.